The number of carbonyl (C=O) groups excluding carboxylic acids is 1. The van der Waals surface area contributed by atoms with E-state index in [2.05, 4.69) is 0 Å². The summed E-state index contributed by atoms with van der Waals surface area (Å²) in [7, 11) is 1.86. The van der Waals surface area contributed by atoms with Crippen LogP contribution in [0.4, 0.5) is 4.79 Å². The molecule has 0 radical (unpaired) electrons. The number of hydrogen-bond donors (Lipinski definition) is 1. The highest BCUT2D eigenvalue weighted by Crippen LogP contribution is 2.10. The van der Waals surface area contributed by atoms with Crippen LogP contribution < -0.4 is 5.73 Å². The van der Waals surface area contributed by atoms with Crippen LogP contribution in [0.3, 0.4) is 0 Å². The van der Waals surface area contributed by atoms with Crippen LogP contribution in [0.1, 0.15) is 32.6 Å². The van der Waals surface area contributed by atoms with Gasteiger partial charge >= 0.3 is 6.03 Å². The molecule has 1 aliphatic heterocycles. The molecule has 0 spiro atoms. The molecule has 2 amide bonds. The average molecular weight is 213 g/mol. The minimum absolute atomic E-state index is 0.162. The summed E-state index contributed by atoms with van der Waals surface area (Å²) >= 11 is 0. The first-order valence-corrected chi connectivity index (χ1v) is 5.87. The molecule has 0 bridgehead atoms. The van der Waals surface area contributed by atoms with Gasteiger partial charge in [0.05, 0.1) is 0 Å². The lowest BCUT2D eigenvalue weighted by Gasteiger charge is -2.31. The fourth-order valence-electron chi connectivity index (χ4n) is 1.82. The molecule has 1 heterocycles. The van der Waals surface area contributed by atoms with Crippen LogP contribution >= 0.6 is 0 Å². The molecule has 1 unspecified atom stereocenters. The van der Waals surface area contributed by atoms with Crippen molar-refractivity contribution < 1.29 is 4.79 Å². The summed E-state index contributed by atoms with van der Waals surface area (Å²) in [4.78, 5) is 15.7. The first-order valence-electron chi connectivity index (χ1n) is 5.87. The van der Waals surface area contributed by atoms with Crippen molar-refractivity contribution in [1.82, 2.24) is 9.80 Å². The van der Waals surface area contributed by atoms with Crippen molar-refractivity contribution in [3.05, 3.63) is 0 Å². The van der Waals surface area contributed by atoms with Crippen LogP contribution in [0, 0.1) is 0 Å². The molecule has 0 aromatic heterocycles. The van der Waals surface area contributed by atoms with E-state index in [1.54, 1.807) is 4.90 Å². The molecule has 88 valence electrons. The van der Waals surface area contributed by atoms with E-state index in [0.29, 0.717) is 0 Å². The van der Waals surface area contributed by atoms with E-state index in [1.807, 2.05) is 18.9 Å². The van der Waals surface area contributed by atoms with Gasteiger partial charge < -0.3 is 15.5 Å². The van der Waals surface area contributed by atoms with Gasteiger partial charge in [0.15, 0.2) is 0 Å². The van der Waals surface area contributed by atoms with E-state index in [0.717, 1.165) is 38.9 Å². The lowest BCUT2D eigenvalue weighted by molar-refractivity contribution is 0.152. The van der Waals surface area contributed by atoms with Crippen molar-refractivity contribution >= 4 is 6.03 Å². The second-order valence-electron chi connectivity index (χ2n) is 4.52. The number of carbonyl (C=O) groups is 1. The molecule has 1 fully saturated rings. The summed E-state index contributed by atoms with van der Waals surface area (Å²) in [5, 5.41) is 0. The summed E-state index contributed by atoms with van der Waals surface area (Å²) < 4.78 is 0. The fraction of sp³-hybridized carbons (Fsp3) is 0.909. The number of nitrogens with zero attached hydrogens (tertiary/aromatic N) is 2. The summed E-state index contributed by atoms with van der Waals surface area (Å²) in [5.74, 6) is 0. The molecule has 1 atom stereocenters. The molecule has 0 saturated carbocycles. The van der Waals surface area contributed by atoms with Crippen LogP contribution in [0.5, 0.6) is 0 Å². The second-order valence-corrected chi connectivity index (χ2v) is 4.52. The van der Waals surface area contributed by atoms with E-state index in [1.165, 1.54) is 6.42 Å². The van der Waals surface area contributed by atoms with Gasteiger partial charge in [0.1, 0.15) is 0 Å². The molecule has 4 nitrogen and oxygen atoms in total. The Hall–Kier alpha value is -0.770. The van der Waals surface area contributed by atoms with E-state index >= 15 is 0 Å². The molecule has 1 rings (SSSR count). The summed E-state index contributed by atoms with van der Waals surface area (Å²) in [6.45, 7) is 4.56. The Balaban J connectivity index is 2.30. The Labute approximate surface area is 92.4 Å². The van der Waals surface area contributed by atoms with Crippen molar-refractivity contribution in [3.8, 4) is 0 Å². The number of nitrogens with two attached hydrogens (primary N) is 1. The number of hydrogen-bond acceptors (Lipinski definition) is 2. The summed E-state index contributed by atoms with van der Waals surface area (Å²) in [6, 6.07) is 0.331. The predicted octanol–water partition coefficient (Wildman–Crippen LogP) is 1.26. The average Bonchev–Trinajstić information content (AvgIpc) is 2.26. The Kier molecular flexibility index (Phi) is 4.88. The monoisotopic (exact) mass is 213 g/mol. The predicted molar refractivity (Wildman–Crippen MR) is 61.7 cm³/mol. The van der Waals surface area contributed by atoms with Gasteiger partial charge in [0.25, 0.3) is 0 Å². The maximum Gasteiger partial charge on any atom is 0.319 e. The van der Waals surface area contributed by atoms with Crippen molar-refractivity contribution in [2.24, 2.45) is 5.73 Å². The molecule has 0 aliphatic carbocycles. The third kappa shape index (κ3) is 4.08. The fourth-order valence-corrected chi connectivity index (χ4v) is 1.82. The van der Waals surface area contributed by atoms with Crippen molar-refractivity contribution in [2.75, 3.05) is 26.7 Å². The van der Waals surface area contributed by atoms with Gasteiger partial charge in [-0.15, -0.1) is 0 Å². The minimum atomic E-state index is 0.162. The zero-order valence-corrected chi connectivity index (χ0v) is 9.91. The van der Waals surface area contributed by atoms with Crippen LogP contribution in [0.15, 0.2) is 0 Å². The first-order chi connectivity index (χ1) is 7.11. The summed E-state index contributed by atoms with van der Waals surface area (Å²) in [5.41, 5.74) is 5.67. The lowest BCUT2D eigenvalue weighted by atomic mass is 10.1. The van der Waals surface area contributed by atoms with Gasteiger partial charge in [-0.25, -0.2) is 4.79 Å². The van der Waals surface area contributed by atoms with Crippen molar-refractivity contribution in [1.29, 1.82) is 0 Å². The zero-order valence-electron chi connectivity index (χ0n) is 9.91. The van der Waals surface area contributed by atoms with Crippen molar-refractivity contribution in [3.63, 3.8) is 0 Å². The number of amides is 2. The highest BCUT2D eigenvalue weighted by molar-refractivity contribution is 5.74. The lowest BCUT2D eigenvalue weighted by Crippen LogP contribution is -2.44. The maximum absolute atomic E-state index is 11.9. The minimum Gasteiger partial charge on any atom is -0.328 e. The molecule has 1 saturated heterocycles. The Morgan fingerprint density at radius 3 is 2.53 bits per heavy atom. The highest BCUT2D eigenvalue weighted by Gasteiger charge is 2.19. The van der Waals surface area contributed by atoms with Gasteiger partial charge in [-0.05, 0) is 32.6 Å². The van der Waals surface area contributed by atoms with Crippen LogP contribution in [-0.2, 0) is 0 Å². The number of piperidine rings is 1. The molecule has 4 heteroatoms. The zero-order chi connectivity index (χ0) is 11.3. The maximum atomic E-state index is 11.9. The molecular formula is C11H23N3O. The molecule has 0 aromatic carbocycles. The van der Waals surface area contributed by atoms with Gasteiger partial charge in [0.2, 0.25) is 0 Å². The number of likely N-dealkylation sites (tertiary alicyclic amines) is 1. The van der Waals surface area contributed by atoms with Gasteiger partial charge in [-0.3, -0.25) is 0 Å². The standard InChI is InChI=1S/C11H23N3O/c1-10(12)6-9-13(2)11(15)14-7-4-3-5-8-14/h10H,3-9,12H2,1-2H3. The Morgan fingerprint density at radius 1 is 1.40 bits per heavy atom. The molecule has 0 aromatic rings. The van der Waals surface area contributed by atoms with Crippen LogP contribution in [0.25, 0.3) is 0 Å². The Bertz CT molecular complexity index is 200. The van der Waals surface area contributed by atoms with Crippen LogP contribution in [-0.4, -0.2) is 48.6 Å². The second kappa shape index (κ2) is 5.95. The molecular weight excluding hydrogens is 190 g/mol. The first kappa shape index (κ1) is 12.3. The number of rotatable bonds is 3. The van der Waals surface area contributed by atoms with Gasteiger partial charge in [-0.2, -0.15) is 0 Å². The van der Waals surface area contributed by atoms with E-state index < -0.39 is 0 Å². The van der Waals surface area contributed by atoms with E-state index in [9.17, 15) is 4.79 Å². The van der Waals surface area contributed by atoms with Crippen LogP contribution in [0.2, 0.25) is 0 Å². The third-order valence-corrected chi connectivity index (χ3v) is 2.87. The third-order valence-electron chi connectivity index (χ3n) is 2.87. The normalized spacial score (nSPS) is 18.7. The topological polar surface area (TPSA) is 49.6 Å². The molecule has 15 heavy (non-hydrogen) atoms. The molecule has 1 aliphatic rings. The van der Waals surface area contributed by atoms with E-state index in [-0.39, 0.29) is 12.1 Å². The van der Waals surface area contributed by atoms with Gasteiger partial charge in [-0.1, -0.05) is 0 Å². The Morgan fingerprint density at radius 2 is 2.00 bits per heavy atom. The molecule has 2 N–H and O–H groups in total. The largest absolute Gasteiger partial charge is 0.328 e. The summed E-state index contributed by atoms with van der Waals surface area (Å²) in [6.07, 6.45) is 4.42. The van der Waals surface area contributed by atoms with Crippen molar-refractivity contribution in [2.45, 2.75) is 38.6 Å². The smallest absolute Gasteiger partial charge is 0.319 e. The number of urea groups is 1. The van der Waals surface area contributed by atoms with E-state index in [4.69, 9.17) is 5.73 Å². The highest BCUT2D eigenvalue weighted by atomic mass is 16.2. The van der Waals surface area contributed by atoms with Gasteiger partial charge in [0, 0.05) is 32.7 Å². The quantitative estimate of drug-likeness (QED) is 0.767. The SMILES string of the molecule is CC(N)CCN(C)C(=O)N1CCCCC1.